The Hall–Kier alpha value is -2.16. The van der Waals surface area contributed by atoms with Crippen LogP contribution in [0.5, 0.6) is 5.88 Å². The smallest absolute Gasteiger partial charge is 0.213 e. The first kappa shape index (κ1) is 11.3. The number of nitrogens with zero attached hydrogens (tertiary/aromatic N) is 1. The van der Waals surface area contributed by atoms with Crippen LogP contribution in [-0.2, 0) is 0 Å². The molecule has 1 aromatic carbocycles. The van der Waals surface area contributed by atoms with Crippen LogP contribution in [0, 0.1) is 6.92 Å². The fourth-order valence-corrected chi connectivity index (χ4v) is 1.75. The summed E-state index contributed by atoms with van der Waals surface area (Å²) < 4.78 is 5.08. The summed E-state index contributed by atoms with van der Waals surface area (Å²) in [5.74, 6) is 0.566. The average molecular weight is 227 g/mol. The highest BCUT2D eigenvalue weighted by molar-refractivity contribution is 5.79. The molecule has 3 nitrogen and oxygen atoms in total. The molecule has 0 aliphatic rings. The number of carbonyl (C=O) groups excluding carboxylic acids is 1. The van der Waals surface area contributed by atoms with Gasteiger partial charge in [0.05, 0.1) is 7.11 Å². The number of rotatable bonds is 3. The summed E-state index contributed by atoms with van der Waals surface area (Å²) in [6.07, 6.45) is 2.55. The molecule has 1 aromatic heterocycles. The lowest BCUT2D eigenvalue weighted by molar-refractivity contribution is 0.112. The number of aryl methyl sites for hydroxylation is 1. The molecule has 17 heavy (non-hydrogen) atoms. The lowest BCUT2D eigenvalue weighted by Crippen LogP contribution is -1.89. The second-order valence-electron chi connectivity index (χ2n) is 3.84. The Morgan fingerprint density at radius 2 is 2.00 bits per heavy atom. The third kappa shape index (κ3) is 2.50. The van der Waals surface area contributed by atoms with Gasteiger partial charge < -0.3 is 4.74 Å². The summed E-state index contributed by atoms with van der Waals surface area (Å²) in [5.41, 5.74) is 3.72. The number of benzene rings is 1. The van der Waals surface area contributed by atoms with Crippen molar-refractivity contribution in [2.75, 3.05) is 7.11 Å². The number of aromatic nitrogens is 1. The van der Waals surface area contributed by atoms with Crippen LogP contribution in [0.3, 0.4) is 0 Å². The largest absolute Gasteiger partial charge is 0.481 e. The van der Waals surface area contributed by atoms with Crippen LogP contribution in [0.15, 0.2) is 36.5 Å². The maximum absolute atomic E-state index is 10.8. The van der Waals surface area contributed by atoms with E-state index >= 15 is 0 Å². The van der Waals surface area contributed by atoms with Crippen molar-refractivity contribution in [3.8, 4) is 17.0 Å². The molecule has 0 unspecified atom stereocenters. The van der Waals surface area contributed by atoms with Crippen molar-refractivity contribution in [1.82, 2.24) is 4.98 Å². The first-order valence-corrected chi connectivity index (χ1v) is 5.30. The molecule has 86 valence electrons. The molecule has 0 amide bonds. The number of pyridine rings is 1. The SMILES string of the molecule is COc1cc(-c2cc(C)cc(C=O)c2)ccn1. The number of ether oxygens (including phenoxy) is 1. The van der Waals surface area contributed by atoms with Crippen molar-refractivity contribution in [3.63, 3.8) is 0 Å². The van der Waals surface area contributed by atoms with Gasteiger partial charge in [-0.25, -0.2) is 4.98 Å². The Balaban J connectivity index is 2.51. The molecular formula is C14H13NO2. The fourth-order valence-electron chi connectivity index (χ4n) is 1.75. The predicted octanol–water partition coefficient (Wildman–Crippen LogP) is 2.88. The summed E-state index contributed by atoms with van der Waals surface area (Å²) in [6.45, 7) is 1.97. The lowest BCUT2D eigenvalue weighted by Gasteiger charge is -2.06. The second kappa shape index (κ2) is 4.78. The van der Waals surface area contributed by atoms with E-state index in [-0.39, 0.29) is 0 Å². The van der Waals surface area contributed by atoms with E-state index in [0.717, 1.165) is 23.0 Å². The molecule has 1 heterocycles. The zero-order chi connectivity index (χ0) is 12.3. The van der Waals surface area contributed by atoms with Gasteiger partial charge in [0.15, 0.2) is 0 Å². The van der Waals surface area contributed by atoms with E-state index in [0.29, 0.717) is 11.4 Å². The summed E-state index contributed by atoms with van der Waals surface area (Å²) in [6, 6.07) is 9.49. The van der Waals surface area contributed by atoms with E-state index in [1.54, 1.807) is 13.3 Å². The highest BCUT2D eigenvalue weighted by Crippen LogP contribution is 2.24. The third-order valence-electron chi connectivity index (χ3n) is 2.51. The van der Waals surface area contributed by atoms with Crippen LogP contribution in [0.4, 0.5) is 0 Å². The molecule has 0 aliphatic heterocycles. The Labute approximate surface area is 100 Å². The van der Waals surface area contributed by atoms with Crippen LogP contribution in [-0.4, -0.2) is 18.4 Å². The van der Waals surface area contributed by atoms with Gasteiger partial charge in [-0.05, 0) is 41.8 Å². The van der Waals surface area contributed by atoms with Crippen molar-refractivity contribution in [3.05, 3.63) is 47.7 Å². The Morgan fingerprint density at radius 3 is 2.71 bits per heavy atom. The summed E-state index contributed by atoms with van der Waals surface area (Å²) in [7, 11) is 1.58. The Bertz CT molecular complexity index is 550. The molecule has 0 radical (unpaired) electrons. The highest BCUT2D eigenvalue weighted by atomic mass is 16.5. The minimum atomic E-state index is 0.566. The molecule has 0 N–H and O–H groups in total. The molecular weight excluding hydrogens is 214 g/mol. The third-order valence-corrected chi connectivity index (χ3v) is 2.51. The molecule has 2 rings (SSSR count). The molecule has 0 spiro atoms. The van der Waals surface area contributed by atoms with Gasteiger partial charge in [-0.1, -0.05) is 6.07 Å². The van der Waals surface area contributed by atoms with Crippen molar-refractivity contribution >= 4 is 6.29 Å². The van der Waals surface area contributed by atoms with E-state index in [1.807, 2.05) is 37.3 Å². The number of hydrogen-bond acceptors (Lipinski definition) is 3. The highest BCUT2D eigenvalue weighted by Gasteiger charge is 2.03. The van der Waals surface area contributed by atoms with Crippen LogP contribution in [0.25, 0.3) is 11.1 Å². The van der Waals surface area contributed by atoms with Crippen LogP contribution in [0.2, 0.25) is 0 Å². The van der Waals surface area contributed by atoms with E-state index in [2.05, 4.69) is 4.98 Å². The first-order valence-electron chi connectivity index (χ1n) is 5.30. The van der Waals surface area contributed by atoms with Crippen molar-refractivity contribution in [2.24, 2.45) is 0 Å². The molecule has 0 bridgehead atoms. The van der Waals surface area contributed by atoms with Gasteiger partial charge >= 0.3 is 0 Å². The van der Waals surface area contributed by atoms with Gasteiger partial charge in [0.25, 0.3) is 0 Å². The zero-order valence-corrected chi connectivity index (χ0v) is 9.81. The molecule has 0 aliphatic carbocycles. The maximum atomic E-state index is 10.8. The van der Waals surface area contributed by atoms with Gasteiger partial charge in [0.1, 0.15) is 6.29 Å². The van der Waals surface area contributed by atoms with Gasteiger partial charge in [-0.2, -0.15) is 0 Å². The monoisotopic (exact) mass is 227 g/mol. The molecule has 0 atom stereocenters. The van der Waals surface area contributed by atoms with E-state index in [4.69, 9.17) is 4.74 Å². The minimum Gasteiger partial charge on any atom is -0.481 e. The van der Waals surface area contributed by atoms with E-state index in [9.17, 15) is 4.79 Å². The van der Waals surface area contributed by atoms with Crippen molar-refractivity contribution < 1.29 is 9.53 Å². The topological polar surface area (TPSA) is 39.2 Å². The molecule has 2 aromatic rings. The van der Waals surface area contributed by atoms with Gasteiger partial charge in [0.2, 0.25) is 5.88 Å². The van der Waals surface area contributed by atoms with E-state index in [1.165, 1.54) is 0 Å². The standard InChI is InChI=1S/C14H13NO2/c1-10-5-11(9-16)7-13(6-10)12-3-4-15-14(8-12)17-2/h3-9H,1-2H3. The molecule has 0 fully saturated rings. The minimum absolute atomic E-state index is 0.566. The maximum Gasteiger partial charge on any atom is 0.213 e. The van der Waals surface area contributed by atoms with Crippen LogP contribution >= 0.6 is 0 Å². The fraction of sp³-hybridized carbons (Fsp3) is 0.143. The molecule has 0 saturated heterocycles. The molecule has 3 heteroatoms. The summed E-state index contributed by atoms with van der Waals surface area (Å²) in [5, 5.41) is 0. The second-order valence-corrected chi connectivity index (χ2v) is 3.84. The predicted molar refractivity (Wildman–Crippen MR) is 66.3 cm³/mol. The van der Waals surface area contributed by atoms with Crippen LogP contribution < -0.4 is 4.74 Å². The normalized spacial score (nSPS) is 10.0. The number of carbonyl (C=O) groups is 1. The summed E-state index contributed by atoms with van der Waals surface area (Å²) in [4.78, 5) is 14.9. The van der Waals surface area contributed by atoms with Crippen molar-refractivity contribution in [2.45, 2.75) is 6.92 Å². The number of aldehydes is 1. The lowest BCUT2D eigenvalue weighted by atomic mass is 10.0. The Kier molecular flexibility index (Phi) is 3.19. The van der Waals surface area contributed by atoms with Crippen LogP contribution in [0.1, 0.15) is 15.9 Å². The van der Waals surface area contributed by atoms with Gasteiger partial charge in [-0.15, -0.1) is 0 Å². The number of hydrogen-bond donors (Lipinski definition) is 0. The average Bonchev–Trinajstić information content (AvgIpc) is 2.38. The van der Waals surface area contributed by atoms with Crippen molar-refractivity contribution in [1.29, 1.82) is 0 Å². The zero-order valence-electron chi connectivity index (χ0n) is 9.81. The summed E-state index contributed by atoms with van der Waals surface area (Å²) >= 11 is 0. The molecule has 0 saturated carbocycles. The number of methoxy groups -OCH3 is 1. The quantitative estimate of drug-likeness (QED) is 0.757. The van der Waals surface area contributed by atoms with E-state index < -0.39 is 0 Å². The van der Waals surface area contributed by atoms with Gasteiger partial charge in [0, 0.05) is 17.8 Å². The Morgan fingerprint density at radius 1 is 1.18 bits per heavy atom. The van der Waals surface area contributed by atoms with Gasteiger partial charge in [-0.3, -0.25) is 4.79 Å². The first-order chi connectivity index (χ1) is 8.22.